The molecule has 0 saturated heterocycles. The van der Waals surface area contributed by atoms with Crippen molar-refractivity contribution in [2.24, 2.45) is 10.7 Å². The van der Waals surface area contributed by atoms with E-state index in [1.54, 1.807) is 19.1 Å². The fraction of sp³-hybridized carbons (Fsp3) is 0.154. The highest BCUT2D eigenvalue weighted by Crippen LogP contribution is 2.31. The van der Waals surface area contributed by atoms with Crippen molar-refractivity contribution >= 4 is 17.8 Å². The van der Waals surface area contributed by atoms with E-state index in [0.29, 0.717) is 16.7 Å². The van der Waals surface area contributed by atoms with Crippen molar-refractivity contribution < 1.29 is 33.0 Å². The summed E-state index contributed by atoms with van der Waals surface area (Å²) in [6.45, 7) is 1.60. The molecule has 3 rings (SSSR count). The van der Waals surface area contributed by atoms with E-state index >= 15 is 0 Å². The van der Waals surface area contributed by atoms with Gasteiger partial charge in [0.1, 0.15) is 29.0 Å². The summed E-state index contributed by atoms with van der Waals surface area (Å²) in [4.78, 5) is 26.7. The minimum atomic E-state index is -1.56. The van der Waals surface area contributed by atoms with Crippen molar-refractivity contribution in [1.29, 1.82) is 5.26 Å². The lowest BCUT2D eigenvalue weighted by atomic mass is 10.1. The molecule has 0 spiro atoms. The average molecular weight is 508 g/mol. The topological polar surface area (TPSA) is 147 Å². The first kappa shape index (κ1) is 26.8. The van der Waals surface area contributed by atoms with Crippen molar-refractivity contribution in [3.05, 3.63) is 94.6 Å². The van der Waals surface area contributed by atoms with E-state index in [0.717, 1.165) is 12.1 Å². The number of hydrogen-bond donors (Lipinski definition) is 3. The van der Waals surface area contributed by atoms with Gasteiger partial charge in [-0.1, -0.05) is 24.3 Å². The highest BCUT2D eigenvalue weighted by atomic mass is 19.1. The van der Waals surface area contributed by atoms with Gasteiger partial charge >= 0.3 is 6.09 Å². The number of hydrogen-bond acceptors (Lipinski definition) is 5. The Kier molecular flexibility index (Phi) is 8.85. The zero-order valence-electron chi connectivity index (χ0n) is 19.6. The molecule has 9 nitrogen and oxygen atoms in total. The zero-order chi connectivity index (χ0) is 26.9. The Balaban J connectivity index is 1.73. The smallest absolute Gasteiger partial charge is 0.433 e. The van der Waals surface area contributed by atoms with Crippen LogP contribution in [0.4, 0.5) is 13.6 Å². The first-order valence-electron chi connectivity index (χ1n) is 10.9. The van der Waals surface area contributed by atoms with Crippen molar-refractivity contribution in [3.8, 4) is 17.6 Å². The number of halogens is 2. The van der Waals surface area contributed by atoms with Gasteiger partial charge < -0.3 is 25.6 Å². The summed E-state index contributed by atoms with van der Waals surface area (Å²) < 4.78 is 40.7. The van der Waals surface area contributed by atoms with E-state index in [1.807, 2.05) is 6.07 Å². The summed E-state index contributed by atoms with van der Waals surface area (Å²) >= 11 is 0. The number of nitrogens with two attached hydrogens (primary N) is 1. The number of carboxylic acid groups (broad SMARTS) is 1. The average Bonchev–Trinajstić information content (AvgIpc) is 2.86. The van der Waals surface area contributed by atoms with E-state index < -0.39 is 35.3 Å². The predicted octanol–water partition coefficient (Wildman–Crippen LogP) is 4.41. The standard InChI is InChI=1S/C26H22F2N4O5/c1-2-36-23(25(33)31-14-16-3-7-17(8-4-16)24(30)32-26(34)35)22-20(27)11-19(12-21(22)28)37-18-9-5-15(13-29)6-10-18/h3-12,23H,2,14H2,1H3,(H2,30,32)(H,31,33)(H,34,35). The molecule has 2 amide bonds. The molecule has 0 saturated carbocycles. The molecule has 0 bridgehead atoms. The highest BCUT2D eigenvalue weighted by Gasteiger charge is 2.28. The van der Waals surface area contributed by atoms with E-state index in [2.05, 4.69) is 10.3 Å². The fourth-order valence-electron chi connectivity index (χ4n) is 3.30. The third kappa shape index (κ3) is 7.09. The van der Waals surface area contributed by atoms with Crippen LogP contribution >= 0.6 is 0 Å². The number of ether oxygens (including phenoxy) is 2. The quantitative estimate of drug-likeness (QED) is 0.287. The Morgan fingerprint density at radius 3 is 2.24 bits per heavy atom. The van der Waals surface area contributed by atoms with Crippen LogP contribution in [0.1, 0.15) is 35.3 Å². The van der Waals surface area contributed by atoms with E-state index in [1.165, 1.54) is 36.4 Å². The minimum absolute atomic E-state index is 0.00178. The van der Waals surface area contributed by atoms with Crippen LogP contribution in [0.3, 0.4) is 0 Å². The maximum Gasteiger partial charge on any atom is 0.433 e. The predicted molar refractivity (Wildman–Crippen MR) is 129 cm³/mol. The van der Waals surface area contributed by atoms with Crippen LogP contribution in [0.5, 0.6) is 11.5 Å². The Hall–Kier alpha value is -4.82. The molecule has 0 aromatic heterocycles. The number of carbonyl (C=O) groups is 2. The van der Waals surface area contributed by atoms with Crippen LogP contribution in [0, 0.1) is 23.0 Å². The third-order valence-electron chi connectivity index (χ3n) is 5.04. The second-order valence-corrected chi connectivity index (χ2v) is 7.57. The summed E-state index contributed by atoms with van der Waals surface area (Å²) in [5.74, 6) is -2.88. The van der Waals surface area contributed by atoms with Gasteiger partial charge in [-0.05, 0) is 36.8 Å². The number of amidine groups is 1. The monoisotopic (exact) mass is 508 g/mol. The molecule has 0 fully saturated rings. The van der Waals surface area contributed by atoms with Gasteiger partial charge in [0.05, 0.1) is 17.2 Å². The second kappa shape index (κ2) is 12.2. The highest BCUT2D eigenvalue weighted by molar-refractivity contribution is 6.02. The zero-order valence-corrected chi connectivity index (χ0v) is 19.6. The SMILES string of the molecule is CCOC(C(=O)NCc1ccc(/C(N)=N\C(=O)O)cc1)c1c(F)cc(Oc2ccc(C#N)cc2)cc1F. The fourth-order valence-corrected chi connectivity index (χ4v) is 3.30. The number of nitrogens with zero attached hydrogens (tertiary/aromatic N) is 2. The van der Waals surface area contributed by atoms with Gasteiger partial charge in [0, 0.05) is 30.8 Å². The molecule has 3 aromatic rings. The number of nitriles is 1. The van der Waals surface area contributed by atoms with Gasteiger partial charge in [0.2, 0.25) is 0 Å². The summed E-state index contributed by atoms with van der Waals surface area (Å²) in [7, 11) is 0. The maximum absolute atomic E-state index is 15.0. The molecule has 3 aromatic carbocycles. The van der Waals surface area contributed by atoms with Crippen molar-refractivity contribution in [2.75, 3.05) is 6.61 Å². The largest absolute Gasteiger partial charge is 0.463 e. The molecule has 1 atom stereocenters. The molecule has 0 aliphatic rings. The molecule has 0 aliphatic heterocycles. The van der Waals surface area contributed by atoms with Gasteiger partial charge in [0.25, 0.3) is 5.91 Å². The number of benzene rings is 3. The molecular weight excluding hydrogens is 486 g/mol. The first-order chi connectivity index (χ1) is 17.7. The number of amides is 2. The van der Waals surface area contributed by atoms with Crippen LogP contribution in [0.15, 0.2) is 65.7 Å². The molecule has 0 radical (unpaired) electrons. The number of nitrogens with one attached hydrogen (secondary N) is 1. The van der Waals surface area contributed by atoms with Crippen LogP contribution in [0.25, 0.3) is 0 Å². The van der Waals surface area contributed by atoms with E-state index in [4.69, 9.17) is 25.6 Å². The minimum Gasteiger partial charge on any atom is -0.463 e. The Bertz CT molecular complexity index is 1330. The second-order valence-electron chi connectivity index (χ2n) is 7.57. The van der Waals surface area contributed by atoms with Crippen LogP contribution in [0.2, 0.25) is 0 Å². The van der Waals surface area contributed by atoms with Crippen molar-refractivity contribution in [3.63, 3.8) is 0 Å². The van der Waals surface area contributed by atoms with E-state index in [-0.39, 0.29) is 30.5 Å². The molecular formula is C26H22F2N4O5. The number of carbonyl (C=O) groups excluding carboxylic acids is 1. The lowest BCUT2D eigenvalue weighted by Gasteiger charge is -2.19. The third-order valence-corrected chi connectivity index (χ3v) is 5.04. The lowest BCUT2D eigenvalue weighted by molar-refractivity contribution is -0.133. The summed E-state index contributed by atoms with van der Waals surface area (Å²) in [5.41, 5.74) is 6.41. The number of rotatable bonds is 9. The van der Waals surface area contributed by atoms with Crippen LogP contribution in [-0.4, -0.2) is 29.5 Å². The molecule has 37 heavy (non-hydrogen) atoms. The molecule has 11 heteroatoms. The van der Waals surface area contributed by atoms with Gasteiger partial charge in [-0.25, -0.2) is 13.6 Å². The lowest BCUT2D eigenvalue weighted by Crippen LogP contribution is -2.31. The van der Waals surface area contributed by atoms with Crippen molar-refractivity contribution in [1.82, 2.24) is 5.32 Å². The Morgan fingerprint density at radius 1 is 1.08 bits per heavy atom. The van der Waals surface area contributed by atoms with Crippen LogP contribution in [-0.2, 0) is 16.1 Å². The summed E-state index contributed by atoms with van der Waals surface area (Å²) in [5, 5.41) is 20.1. The van der Waals surface area contributed by atoms with Crippen molar-refractivity contribution in [2.45, 2.75) is 19.6 Å². The normalized spacial score (nSPS) is 11.9. The van der Waals surface area contributed by atoms with Gasteiger partial charge in [-0.3, -0.25) is 4.79 Å². The maximum atomic E-state index is 15.0. The van der Waals surface area contributed by atoms with Gasteiger partial charge in [0.15, 0.2) is 6.10 Å². The number of aliphatic imine (C=N–C) groups is 1. The molecule has 4 N–H and O–H groups in total. The van der Waals surface area contributed by atoms with Crippen LogP contribution < -0.4 is 15.8 Å². The van der Waals surface area contributed by atoms with Gasteiger partial charge in [-0.15, -0.1) is 0 Å². The van der Waals surface area contributed by atoms with Gasteiger partial charge in [-0.2, -0.15) is 10.3 Å². The first-order valence-corrected chi connectivity index (χ1v) is 10.9. The molecule has 1 unspecified atom stereocenters. The summed E-state index contributed by atoms with van der Waals surface area (Å²) in [6, 6.07) is 16.0. The van der Waals surface area contributed by atoms with E-state index in [9.17, 15) is 18.4 Å². The Morgan fingerprint density at radius 2 is 1.70 bits per heavy atom. The summed E-state index contributed by atoms with van der Waals surface area (Å²) in [6.07, 6.45) is -2.99. The molecule has 0 heterocycles. The Labute approximate surface area is 210 Å². The molecule has 0 aliphatic carbocycles. The molecule has 190 valence electrons.